The summed E-state index contributed by atoms with van der Waals surface area (Å²) in [6, 6.07) is 3.92. The molecular formula is C15H18N6O5S. The van der Waals surface area contributed by atoms with Crippen LogP contribution in [0.1, 0.15) is 23.2 Å². The van der Waals surface area contributed by atoms with Crippen LogP contribution in [-0.4, -0.2) is 63.7 Å². The fourth-order valence-corrected chi connectivity index (χ4v) is 3.81. The molecule has 144 valence electrons. The van der Waals surface area contributed by atoms with Crippen LogP contribution in [0.3, 0.4) is 0 Å². The zero-order valence-corrected chi connectivity index (χ0v) is 15.3. The maximum Gasteiger partial charge on any atom is 0.295 e. The average Bonchev–Trinajstić information content (AvgIpc) is 3.15. The SMILES string of the molecule is CS(=O)(=O)N1CCC(NC(=O)c2ccc(-n3cncn3)c([N+](=O)[O-])c2)CC1. The van der Waals surface area contributed by atoms with Gasteiger partial charge >= 0.3 is 0 Å². The number of nitrogens with one attached hydrogen (secondary N) is 1. The highest BCUT2D eigenvalue weighted by Gasteiger charge is 2.27. The molecule has 2 heterocycles. The first-order chi connectivity index (χ1) is 12.8. The van der Waals surface area contributed by atoms with Crippen molar-refractivity contribution in [1.82, 2.24) is 24.4 Å². The molecule has 1 aromatic heterocycles. The Bertz CT molecular complexity index is 951. The molecule has 3 rings (SSSR count). The minimum atomic E-state index is -3.24. The van der Waals surface area contributed by atoms with Gasteiger partial charge < -0.3 is 5.32 Å². The van der Waals surface area contributed by atoms with E-state index < -0.39 is 20.9 Å². The third-order valence-electron chi connectivity index (χ3n) is 4.36. The van der Waals surface area contributed by atoms with Crippen molar-refractivity contribution < 1.29 is 18.1 Å². The molecule has 0 bridgehead atoms. The van der Waals surface area contributed by atoms with Gasteiger partial charge in [-0.1, -0.05) is 0 Å². The quantitative estimate of drug-likeness (QED) is 0.569. The van der Waals surface area contributed by atoms with Crippen LogP contribution in [0.2, 0.25) is 0 Å². The fraction of sp³-hybridized carbons (Fsp3) is 0.400. The number of hydrogen-bond acceptors (Lipinski definition) is 7. The normalized spacial score (nSPS) is 16.2. The number of nitrogens with zero attached hydrogens (tertiary/aromatic N) is 5. The molecule has 1 aromatic carbocycles. The van der Waals surface area contributed by atoms with Gasteiger partial charge in [-0.25, -0.2) is 22.4 Å². The van der Waals surface area contributed by atoms with Crippen LogP contribution in [0.4, 0.5) is 5.69 Å². The van der Waals surface area contributed by atoms with Crippen molar-refractivity contribution in [2.45, 2.75) is 18.9 Å². The highest BCUT2D eigenvalue weighted by Crippen LogP contribution is 2.24. The number of rotatable bonds is 5. The minimum Gasteiger partial charge on any atom is -0.349 e. The number of benzene rings is 1. The van der Waals surface area contributed by atoms with E-state index in [4.69, 9.17) is 0 Å². The van der Waals surface area contributed by atoms with Gasteiger partial charge in [0.2, 0.25) is 10.0 Å². The molecule has 27 heavy (non-hydrogen) atoms. The lowest BCUT2D eigenvalue weighted by molar-refractivity contribution is -0.384. The largest absolute Gasteiger partial charge is 0.349 e. The number of piperidine rings is 1. The van der Waals surface area contributed by atoms with Gasteiger partial charge in [0, 0.05) is 30.8 Å². The second-order valence-corrected chi connectivity index (χ2v) is 8.19. The van der Waals surface area contributed by atoms with Crippen molar-refractivity contribution in [2.75, 3.05) is 19.3 Å². The van der Waals surface area contributed by atoms with Crippen LogP contribution in [0, 0.1) is 10.1 Å². The number of nitro benzene ring substituents is 1. The zero-order chi connectivity index (χ0) is 19.6. The number of hydrogen-bond donors (Lipinski definition) is 1. The predicted octanol–water partition coefficient (Wildman–Crippen LogP) is 0.329. The standard InChI is InChI=1S/C15H18N6O5S/c1-27(25,26)19-6-4-12(5-7-19)18-15(22)11-2-3-13(14(8-11)21(23)24)20-10-16-9-17-20/h2-3,8-10,12H,4-7H2,1H3,(H,18,22). The van der Waals surface area contributed by atoms with E-state index in [0.717, 1.165) is 6.26 Å². The summed E-state index contributed by atoms with van der Waals surface area (Å²) in [6.07, 6.45) is 4.71. The molecule has 12 heteroatoms. The van der Waals surface area contributed by atoms with Gasteiger partial charge in [0.25, 0.3) is 11.6 Å². The number of nitro groups is 1. The Kier molecular flexibility index (Phi) is 5.19. The lowest BCUT2D eigenvalue weighted by Crippen LogP contribution is -2.46. The summed E-state index contributed by atoms with van der Waals surface area (Å²) < 4.78 is 25.7. The van der Waals surface area contributed by atoms with Gasteiger partial charge in [0.1, 0.15) is 18.3 Å². The van der Waals surface area contributed by atoms with Crippen molar-refractivity contribution in [3.8, 4) is 5.69 Å². The van der Waals surface area contributed by atoms with Gasteiger partial charge in [-0.15, -0.1) is 0 Å². The van der Waals surface area contributed by atoms with E-state index in [1.807, 2.05) is 0 Å². The number of aromatic nitrogens is 3. The van der Waals surface area contributed by atoms with Gasteiger partial charge in [0.15, 0.2) is 0 Å². The molecule has 1 aliphatic rings. The average molecular weight is 394 g/mol. The lowest BCUT2D eigenvalue weighted by Gasteiger charge is -2.30. The molecule has 11 nitrogen and oxygen atoms in total. The molecule has 1 aliphatic heterocycles. The molecular weight excluding hydrogens is 376 g/mol. The summed E-state index contributed by atoms with van der Waals surface area (Å²) in [5, 5.41) is 18.0. The maximum absolute atomic E-state index is 12.5. The monoisotopic (exact) mass is 394 g/mol. The van der Waals surface area contributed by atoms with Crippen LogP contribution < -0.4 is 5.32 Å². The minimum absolute atomic E-state index is 0.149. The summed E-state index contributed by atoms with van der Waals surface area (Å²) in [7, 11) is -3.24. The van der Waals surface area contributed by atoms with Crippen molar-refractivity contribution in [3.63, 3.8) is 0 Å². The van der Waals surface area contributed by atoms with Crippen molar-refractivity contribution in [3.05, 3.63) is 46.5 Å². The van der Waals surface area contributed by atoms with E-state index in [1.165, 1.54) is 39.8 Å². The molecule has 2 aromatic rings. The summed E-state index contributed by atoms with van der Waals surface area (Å²) in [5.74, 6) is -0.443. The van der Waals surface area contributed by atoms with Crippen LogP contribution in [0.5, 0.6) is 0 Å². The predicted molar refractivity (Wildman–Crippen MR) is 94.9 cm³/mol. The third kappa shape index (κ3) is 4.28. The van der Waals surface area contributed by atoms with Crippen LogP contribution in [-0.2, 0) is 10.0 Å². The molecule has 0 atom stereocenters. The van der Waals surface area contributed by atoms with Gasteiger partial charge in [-0.05, 0) is 25.0 Å². The fourth-order valence-electron chi connectivity index (χ4n) is 2.94. The Hall–Kier alpha value is -2.86. The van der Waals surface area contributed by atoms with Crippen molar-refractivity contribution in [2.24, 2.45) is 0 Å². The highest BCUT2D eigenvalue weighted by atomic mass is 32.2. The smallest absolute Gasteiger partial charge is 0.295 e. The van der Waals surface area contributed by atoms with Crippen molar-refractivity contribution >= 4 is 21.6 Å². The Labute approximate surface area is 155 Å². The second kappa shape index (κ2) is 7.40. The molecule has 0 aliphatic carbocycles. The number of sulfonamides is 1. The number of carbonyl (C=O) groups excluding carboxylic acids is 1. The van der Waals surface area contributed by atoms with E-state index in [0.29, 0.717) is 25.9 Å². The van der Waals surface area contributed by atoms with Gasteiger partial charge in [-0.2, -0.15) is 5.10 Å². The van der Waals surface area contributed by atoms with E-state index in [1.54, 1.807) is 0 Å². The van der Waals surface area contributed by atoms with Crippen LogP contribution in [0.25, 0.3) is 5.69 Å². The van der Waals surface area contributed by atoms with Crippen LogP contribution in [0.15, 0.2) is 30.9 Å². The highest BCUT2D eigenvalue weighted by molar-refractivity contribution is 7.88. The summed E-state index contributed by atoms with van der Waals surface area (Å²) >= 11 is 0. The van der Waals surface area contributed by atoms with E-state index in [2.05, 4.69) is 15.4 Å². The lowest BCUT2D eigenvalue weighted by atomic mass is 10.1. The molecule has 0 radical (unpaired) electrons. The Balaban J connectivity index is 1.72. The van der Waals surface area contributed by atoms with Gasteiger partial charge in [-0.3, -0.25) is 14.9 Å². The second-order valence-electron chi connectivity index (χ2n) is 6.21. The van der Waals surface area contributed by atoms with Gasteiger partial charge in [0.05, 0.1) is 11.2 Å². The van der Waals surface area contributed by atoms with E-state index >= 15 is 0 Å². The number of amides is 1. The zero-order valence-electron chi connectivity index (χ0n) is 14.5. The Morgan fingerprint density at radius 1 is 1.33 bits per heavy atom. The molecule has 1 fully saturated rings. The molecule has 0 saturated carbocycles. The molecule has 1 N–H and O–H groups in total. The summed E-state index contributed by atoms with van der Waals surface area (Å²) in [5.41, 5.74) is 0.0895. The third-order valence-corrected chi connectivity index (χ3v) is 5.66. The van der Waals surface area contributed by atoms with Crippen LogP contribution >= 0.6 is 0 Å². The maximum atomic E-state index is 12.5. The van der Waals surface area contributed by atoms with E-state index in [-0.39, 0.29) is 23.0 Å². The van der Waals surface area contributed by atoms with Crippen molar-refractivity contribution in [1.29, 1.82) is 0 Å². The summed E-state index contributed by atoms with van der Waals surface area (Å²) in [6.45, 7) is 0.657. The number of carbonyl (C=O) groups is 1. The first-order valence-electron chi connectivity index (χ1n) is 8.15. The Morgan fingerprint density at radius 2 is 2.04 bits per heavy atom. The molecule has 1 amide bonds. The first-order valence-corrected chi connectivity index (χ1v) is 10.00. The molecule has 1 saturated heterocycles. The topological polar surface area (TPSA) is 140 Å². The first kappa shape index (κ1) is 18.9. The Morgan fingerprint density at radius 3 is 2.59 bits per heavy atom. The molecule has 0 spiro atoms. The van der Waals surface area contributed by atoms with E-state index in [9.17, 15) is 23.3 Å². The summed E-state index contributed by atoms with van der Waals surface area (Å²) in [4.78, 5) is 27.0. The molecule has 0 unspecified atom stereocenters.